The van der Waals surface area contributed by atoms with E-state index in [1.54, 1.807) is 0 Å². The molecule has 0 aromatic heterocycles. The fourth-order valence-electron chi connectivity index (χ4n) is 4.90. The quantitative estimate of drug-likeness (QED) is 0.738. The lowest BCUT2D eigenvalue weighted by molar-refractivity contribution is 0.00312. The summed E-state index contributed by atoms with van der Waals surface area (Å²) in [5.41, 5.74) is 1.39. The van der Waals surface area contributed by atoms with Crippen LogP contribution < -0.4 is 0 Å². The maximum Gasteiger partial charge on any atom is 0.410 e. The Hall–Kier alpha value is -2.12. The lowest BCUT2D eigenvalue weighted by Gasteiger charge is -2.37. The Bertz CT molecular complexity index is 788. The van der Waals surface area contributed by atoms with Crippen molar-refractivity contribution in [1.29, 1.82) is 0 Å². The number of benzene rings is 1. The third kappa shape index (κ3) is 4.47. The molecule has 1 aromatic carbocycles. The summed E-state index contributed by atoms with van der Waals surface area (Å²) < 4.78 is 5.85. The smallest absolute Gasteiger partial charge is 0.410 e. The summed E-state index contributed by atoms with van der Waals surface area (Å²) in [4.78, 5) is 33.8. The van der Waals surface area contributed by atoms with Crippen LogP contribution in [0, 0.1) is 6.92 Å². The molecule has 1 aromatic rings. The maximum absolute atomic E-state index is 12.8. The largest absolute Gasteiger partial charge is 0.441 e. The number of piperidine rings is 1. The molecule has 0 radical (unpaired) electrons. The third-order valence-electron chi connectivity index (χ3n) is 6.93. The first kappa shape index (κ1) is 21.1. The van der Waals surface area contributed by atoms with E-state index in [0.717, 1.165) is 30.8 Å². The van der Waals surface area contributed by atoms with Crippen molar-refractivity contribution >= 4 is 12.0 Å². The second-order valence-electron chi connectivity index (χ2n) is 9.34. The van der Waals surface area contributed by atoms with Crippen LogP contribution in [0.15, 0.2) is 24.3 Å². The molecule has 3 aliphatic heterocycles. The molecule has 0 unspecified atom stereocenters. The Morgan fingerprint density at radius 3 is 2.63 bits per heavy atom. The lowest BCUT2D eigenvalue weighted by atomic mass is 9.91. The first-order valence-corrected chi connectivity index (χ1v) is 11.1. The van der Waals surface area contributed by atoms with Gasteiger partial charge in [-0.2, -0.15) is 0 Å². The number of hydrogen-bond acceptors (Lipinski definition) is 5. The minimum atomic E-state index is -0.433. The molecule has 7 nitrogen and oxygen atoms in total. The first-order chi connectivity index (χ1) is 14.3. The van der Waals surface area contributed by atoms with Crippen molar-refractivity contribution in [3.8, 4) is 0 Å². The summed E-state index contributed by atoms with van der Waals surface area (Å²) >= 11 is 0. The van der Waals surface area contributed by atoms with Crippen molar-refractivity contribution in [2.75, 3.05) is 59.9 Å². The minimum Gasteiger partial charge on any atom is -0.441 e. The van der Waals surface area contributed by atoms with Gasteiger partial charge in [-0.25, -0.2) is 4.79 Å². The van der Waals surface area contributed by atoms with Crippen molar-refractivity contribution in [3.63, 3.8) is 0 Å². The Morgan fingerprint density at radius 1 is 1.20 bits per heavy atom. The van der Waals surface area contributed by atoms with Gasteiger partial charge in [0.25, 0.3) is 5.91 Å². The predicted molar refractivity (Wildman–Crippen MR) is 116 cm³/mol. The predicted octanol–water partition coefficient (Wildman–Crippen LogP) is 2.06. The van der Waals surface area contributed by atoms with Gasteiger partial charge >= 0.3 is 6.09 Å². The van der Waals surface area contributed by atoms with Gasteiger partial charge in [0.2, 0.25) is 0 Å². The van der Waals surface area contributed by atoms with Crippen molar-refractivity contribution in [2.24, 2.45) is 0 Å². The van der Waals surface area contributed by atoms with Crippen LogP contribution in [-0.4, -0.2) is 103 Å². The molecule has 3 heterocycles. The fraction of sp³-hybridized carbons (Fsp3) is 0.652. The number of rotatable bonds is 5. The first-order valence-electron chi connectivity index (χ1n) is 11.1. The molecule has 3 aliphatic rings. The topological polar surface area (TPSA) is 56.3 Å². The van der Waals surface area contributed by atoms with Crippen LogP contribution in [0.2, 0.25) is 0 Å². The molecular formula is C23H34N4O3. The fourth-order valence-corrected chi connectivity index (χ4v) is 4.90. The average molecular weight is 415 g/mol. The molecular weight excluding hydrogens is 380 g/mol. The van der Waals surface area contributed by atoms with Crippen LogP contribution in [0.4, 0.5) is 4.79 Å². The molecule has 7 heteroatoms. The van der Waals surface area contributed by atoms with Crippen molar-refractivity contribution in [2.45, 2.75) is 37.8 Å². The number of carbonyl (C=O) groups excluding carboxylic acids is 2. The monoisotopic (exact) mass is 414 g/mol. The van der Waals surface area contributed by atoms with Gasteiger partial charge in [-0.05, 0) is 46.1 Å². The molecule has 0 aliphatic carbocycles. The van der Waals surface area contributed by atoms with Crippen molar-refractivity contribution in [3.05, 3.63) is 35.4 Å². The Balaban J connectivity index is 1.27. The second kappa shape index (κ2) is 8.55. The van der Waals surface area contributed by atoms with Gasteiger partial charge in [0, 0.05) is 57.2 Å². The standard InChI is InChI=1S/C23H34N4O3/c1-18-5-4-6-19(15-18)21(28)26-11-8-23(9-12-26)17-27(22(29)30-23)14-13-25-10-7-20(16-25)24(2)3/h4-6,15,20H,7-14,16-17H2,1-3H3/t20-/m1/s1. The number of carbonyl (C=O) groups is 2. The van der Waals surface area contributed by atoms with Crippen molar-refractivity contribution < 1.29 is 14.3 Å². The number of aryl methyl sites for hydroxylation is 1. The van der Waals surface area contributed by atoms with E-state index < -0.39 is 5.60 Å². The zero-order valence-corrected chi connectivity index (χ0v) is 18.5. The molecule has 4 rings (SSSR count). The van der Waals surface area contributed by atoms with Crippen molar-refractivity contribution in [1.82, 2.24) is 19.6 Å². The summed E-state index contributed by atoms with van der Waals surface area (Å²) in [5, 5.41) is 0. The summed E-state index contributed by atoms with van der Waals surface area (Å²) in [6.45, 7) is 7.67. The third-order valence-corrected chi connectivity index (χ3v) is 6.93. The molecule has 0 N–H and O–H groups in total. The normalized spacial score (nSPS) is 24.1. The molecule has 0 saturated carbocycles. The maximum atomic E-state index is 12.8. The van der Waals surface area contributed by atoms with Gasteiger partial charge in [0.15, 0.2) is 0 Å². The van der Waals surface area contributed by atoms with Crippen LogP contribution in [-0.2, 0) is 4.74 Å². The molecule has 0 bridgehead atoms. The van der Waals surface area contributed by atoms with E-state index in [4.69, 9.17) is 4.74 Å². The zero-order valence-electron chi connectivity index (χ0n) is 18.5. The van der Waals surface area contributed by atoms with Gasteiger partial charge in [0.05, 0.1) is 6.54 Å². The molecule has 2 amide bonds. The summed E-state index contributed by atoms with van der Waals surface area (Å²) in [6.07, 6.45) is 2.40. The van der Waals surface area contributed by atoms with Crippen LogP contribution in [0.1, 0.15) is 35.2 Å². The highest BCUT2D eigenvalue weighted by atomic mass is 16.6. The average Bonchev–Trinajstić information content (AvgIpc) is 3.31. The van der Waals surface area contributed by atoms with Crippen LogP contribution in [0.25, 0.3) is 0 Å². The van der Waals surface area contributed by atoms with Crippen LogP contribution in [0.3, 0.4) is 0 Å². The van der Waals surface area contributed by atoms with E-state index in [1.165, 1.54) is 6.42 Å². The molecule has 1 spiro atoms. The SMILES string of the molecule is Cc1cccc(C(=O)N2CCC3(CC2)CN(CCN2CC[C@@H](N(C)C)C2)C(=O)O3)c1. The molecule has 164 valence electrons. The molecule has 30 heavy (non-hydrogen) atoms. The lowest BCUT2D eigenvalue weighted by Crippen LogP contribution is -2.49. The van der Waals surface area contributed by atoms with Gasteiger partial charge in [-0.1, -0.05) is 17.7 Å². The highest BCUT2D eigenvalue weighted by molar-refractivity contribution is 5.94. The zero-order chi connectivity index (χ0) is 21.3. The van der Waals surface area contributed by atoms with Crippen LogP contribution in [0.5, 0.6) is 0 Å². The van der Waals surface area contributed by atoms with E-state index in [9.17, 15) is 9.59 Å². The number of nitrogens with zero attached hydrogens (tertiary/aromatic N) is 4. The second-order valence-corrected chi connectivity index (χ2v) is 9.34. The number of amides is 2. The van der Waals surface area contributed by atoms with Crippen LogP contribution >= 0.6 is 0 Å². The van der Waals surface area contributed by atoms with E-state index >= 15 is 0 Å². The minimum absolute atomic E-state index is 0.0687. The van der Waals surface area contributed by atoms with Gasteiger partial charge in [-0.3, -0.25) is 9.69 Å². The van der Waals surface area contributed by atoms with Gasteiger partial charge in [0.1, 0.15) is 5.60 Å². The number of likely N-dealkylation sites (N-methyl/N-ethyl adjacent to an activating group) is 1. The van der Waals surface area contributed by atoms with Gasteiger partial charge < -0.3 is 19.4 Å². The van der Waals surface area contributed by atoms with E-state index in [-0.39, 0.29) is 12.0 Å². The van der Waals surface area contributed by atoms with E-state index in [1.807, 2.05) is 41.0 Å². The summed E-state index contributed by atoms with van der Waals surface area (Å²) in [5.74, 6) is 0.0687. The molecule has 3 fully saturated rings. The highest BCUT2D eigenvalue weighted by Gasteiger charge is 2.47. The number of hydrogen-bond donors (Lipinski definition) is 0. The Labute approximate surface area is 179 Å². The van der Waals surface area contributed by atoms with E-state index in [2.05, 4.69) is 23.9 Å². The number of likely N-dealkylation sites (tertiary alicyclic amines) is 2. The van der Waals surface area contributed by atoms with Gasteiger partial charge in [-0.15, -0.1) is 0 Å². The highest BCUT2D eigenvalue weighted by Crippen LogP contribution is 2.33. The molecule has 3 saturated heterocycles. The number of ether oxygens (including phenoxy) is 1. The van der Waals surface area contributed by atoms with E-state index in [0.29, 0.717) is 45.1 Å². The Kier molecular flexibility index (Phi) is 6.02. The Morgan fingerprint density at radius 2 is 1.97 bits per heavy atom. The summed E-state index contributed by atoms with van der Waals surface area (Å²) in [7, 11) is 4.26. The molecule has 1 atom stereocenters. The summed E-state index contributed by atoms with van der Waals surface area (Å²) in [6, 6.07) is 8.33.